The Balaban J connectivity index is 2.67. The van der Waals surface area contributed by atoms with Gasteiger partial charge in [0.1, 0.15) is 5.60 Å². The number of benzene rings is 1. The number of fused-ring (bicyclic) bond motifs is 1. The lowest BCUT2D eigenvalue weighted by Crippen LogP contribution is -2.34. The van der Waals surface area contributed by atoms with E-state index < -0.39 is 11.6 Å². The van der Waals surface area contributed by atoms with E-state index in [1.807, 2.05) is 13.8 Å². The van der Waals surface area contributed by atoms with Gasteiger partial charge in [0.15, 0.2) is 11.5 Å². The summed E-state index contributed by atoms with van der Waals surface area (Å²) in [5.74, 6) is 1.09. The first-order valence-electron chi connectivity index (χ1n) is 6.62. The molecular formula is C15H20O6. The van der Waals surface area contributed by atoms with Crippen molar-refractivity contribution < 1.29 is 28.8 Å². The molecule has 0 amide bonds. The highest BCUT2D eigenvalue weighted by Crippen LogP contribution is 2.53. The van der Waals surface area contributed by atoms with Crippen LogP contribution in [0.5, 0.6) is 23.0 Å². The predicted molar refractivity (Wildman–Crippen MR) is 75.4 cm³/mol. The molecule has 0 aromatic heterocycles. The summed E-state index contributed by atoms with van der Waals surface area (Å²) < 4.78 is 21.8. The Morgan fingerprint density at radius 2 is 1.90 bits per heavy atom. The first-order valence-corrected chi connectivity index (χ1v) is 6.62. The molecule has 0 saturated heterocycles. The maximum atomic E-state index is 11.3. The van der Waals surface area contributed by atoms with E-state index in [1.165, 1.54) is 21.1 Å². The van der Waals surface area contributed by atoms with Crippen LogP contribution in [0.1, 0.15) is 25.0 Å². The van der Waals surface area contributed by atoms with Crippen LogP contribution in [0.25, 0.3) is 0 Å². The van der Waals surface area contributed by atoms with E-state index in [-0.39, 0.29) is 6.61 Å². The topological polar surface area (TPSA) is 74.2 Å². The maximum absolute atomic E-state index is 11.3. The van der Waals surface area contributed by atoms with Gasteiger partial charge < -0.3 is 24.1 Å². The molecule has 0 bridgehead atoms. The van der Waals surface area contributed by atoms with Crippen LogP contribution >= 0.6 is 0 Å². The van der Waals surface area contributed by atoms with E-state index >= 15 is 0 Å². The van der Waals surface area contributed by atoms with E-state index in [2.05, 4.69) is 0 Å². The van der Waals surface area contributed by atoms with Gasteiger partial charge in [-0.2, -0.15) is 0 Å². The number of aliphatic hydroxyl groups excluding tert-OH is 1. The number of methoxy groups -OCH3 is 2. The lowest BCUT2D eigenvalue weighted by atomic mass is 9.96. The monoisotopic (exact) mass is 296 g/mol. The largest absolute Gasteiger partial charge is 0.490 e. The second-order valence-corrected chi connectivity index (χ2v) is 5.31. The van der Waals surface area contributed by atoms with Crippen LogP contribution in [-0.4, -0.2) is 37.5 Å². The zero-order valence-corrected chi connectivity index (χ0v) is 12.9. The van der Waals surface area contributed by atoms with Crippen molar-refractivity contribution in [3.8, 4) is 23.0 Å². The van der Waals surface area contributed by atoms with Crippen molar-refractivity contribution in [1.29, 1.82) is 0 Å². The van der Waals surface area contributed by atoms with Crippen LogP contribution in [0.4, 0.5) is 0 Å². The van der Waals surface area contributed by atoms with Crippen molar-refractivity contribution in [3.63, 3.8) is 0 Å². The van der Waals surface area contributed by atoms with E-state index in [4.69, 9.17) is 18.9 Å². The van der Waals surface area contributed by atoms with Gasteiger partial charge in [-0.1, -0.05) is 0 Å². The summed E-state index contributed by atoms with van der Waals surface area (Å²) in [6, 6.07) is 0. The molecule has 0 fully saturated rings. The van der Waals surface area contributed by atoms with Crippen LogP contribution in [0, 0.1) is 6.92 Å². The van der Waals surface area contributed by atoms with Crippen LogP contribution in [0.3, 0.4) is 0 Å². The highest BCUT2D eigenvalue weighted by atomic mass is 16.6. The lowest BCUT2D eigenvalue weighted by molar-refractivity contribution is -0.132. The van der Waals surface area contributed by atoms with E-state index in [1.54, 1.807) is 0 Å². The maximum Gasteiger partial charge on any atom is 0.308 e. The molecule has 1 aliphatic rings. The third-order valence-electron chi connectivity index (χ3n) is 3.57. The van der Waals surface area contributed by atoms with Crippen LogP contribution < -0.4 is 18.9 Å². The average molecular weight is 296 g/mol. The normalized spacial score (nSPS) is 19.7. The SMILES string of the molecule is COc1c(OC(C)=O)c(C)c2c(c1OC)OC(C)(CO)C2. The number of carbonyl (C=O) groups excluding carboxylic acids is 1. The van der Waals surface area contributed by atoms with Crippen molar-refractivity contribution in [3.05, 3.63) is 11.1 Å². The number of aliphatic hydroxyl groups is 1. The summed E-state index contributed by atoms with van der Waals surface area (Å²) in [6.07, 6.45) is 0.499. The molecule has 6 heteroatoms. The van der Waals surface area contributed by atoms with Crippen molar-refractivity contribution in [1.82, 2.24) is 0 Å². The van der Waals surface area contributed by atoms with E-state index in [0.29, 0.717) is 29.4 Å². The molecule has 0 aliphatic carbocycles. The van der Waals surface area contributed by atoms with E-state index in [0.717, 1.165) is 11.1 Å². The minimum atomic E-state index is -0.722. The standard InChI is InChI=1S/C15H20O6/c1-8-10-6-15(3,7-16)21-12(10)14(19-5)13(18-4)11(8)20-9(2)17/h16H,6-7H2,1-5H3. The van der Waals surface area contributed by atoms with Gasteiger partial charge in [0, 0.05) is 24.5 Å². The van der Waals surface area contributed by atoms with Gasteiger partial charge in [0.2, 0.25) is 11.5 Å². The van der Waals surface area contributed by atoms with Crippen molar-refractivity contribution >= 4 is 5.97 Å². The number of esters is 1. The third-order valence-corrected chi connectivity index (χ3v) is 3.57. The molecule has 21 heavy (non-hydrogen) atoms. The fraction of sp³-hybridized carbons (Fsp3) is 0.533. The Morgan fingerprint density at radius 1 is 1.29 bits per heavy atom. The predicted octanol–water partition coefficient (Wildman–Crippen LogP) is 1.62. The second kappa shape index (κ2) is 5.44. The van der Waals surface area contributed by atoms with Gasteiger partial charge in [-0.05, 0) is 13.8 Å². The molecule has 1 aromatic rings. The summed E-state index contributed by atoms with van der Waals surface area (Å²) in [6.45, 7) is 4.83. The summed E-state index contributed by atoms with van der Waals surface area (Å²) in [5, 5.41) is 9.51. The second-order valence-electron chi connectivity index (χ2n) is 5.31. The van der Waals surface area contributed by atoms with Gasteiger partial charge in [0.05, 0.1) is 20.8 Å². The minimum absolute atomic E-state index is 0.129. The Hall–Kier alpha value is -1.95. The zero-order valence-electron chi connectivity index (χ0n) is 12.9. The first kappa shape index (κ1) is 15.4. The Bertz CT molecular complexity index is 580. The molecule has 1 N–H and O–H groups in total. The fourth-order valence-corrected chi connectivity index (χ4v) is 2.52. The quantitative estimate of drug-likeness (QED) is 0.672. The van der Waals surface area contributed by atoms with Gasteiger partial charge in [-0.25, -0.2) is 0 Å². The van der Waals surface area contributed by atoms with Crippen LogP contribution in [0.15, 0.2) is 0 Å². The van der Waals surface area contributed by atoms with Crippen molar-refractivity contribution in [2.75, 3.05) is 20.8 Å². The molecule has 0 radical (unpaired) electrons. The number of carbonyl (C=O) groups is 1. The molecule has 0 spiro atoms. The number of hydrogen-bond acceptors (Lipinski definition) is 6. The Morgan fingerprint density at radius 3 is 2.38 bits per heavy atom. The van der Waals surface area contributed by atoms with Crippen LogP contribution in [0.2, 0.25) is 0 Å². The van der Waals surface area contributed by atoms with Gasteiger partial charge >= 0.3 is 5.97 Å². The first-order chi connectivity index (χ1) is 9.86. The average Bonchev–Trinajstić information content (AvgIpc) is 2.80. The number of rotatable bonds is 4. The van der Waals surface area contributed by atoms with Crippen molar-refractivity contribution in [2.24, 2.45) is 0 Å². The third kappa shape index (κ3) is 2.51. The summed E-state index contributed by atoms with van der Waals surface area (Å²) in [5.41, 5.74) is 0.871. The molecule has 2 rings (SSSR count). The molecule has 1 aliphatic heterocycles. The van der Waals surface area contributed by atoms with Crippen LogP contribution in [-0.2, 0) is 11.2 Å². The lowest BCUT2D eigenvalue weighted by Gasteiger charge is -2.21. The van der Waals surface area contributed by atoms with E-state index in [9.17, 15) is 9.90 Å². The molecule has 1 unspecified atom stereocenters. The fourth-order valence-electron chi connectivity index (χ4n) is 2.52. The van der Waals surface area contributed by atoms with Crippen molar-refractivity contribution in [2.45, 2.75) is 32.8 Å². The van der Waals surface area contributed by atoms with Gasteiger partial charge in [-0.3, -0.25) is 4.79 Å². The molecule has 1 heterocycles. The number of ether oxygens (including phenoxy) is 4. The Kier molecular flexibility index (Phi) is 4.00. The van der Waals surface area contributed by atoms with Gasteiger partial charge in [-0.15, -0.1) is 0 Å². The van der Waals surface area contributed by atoms with Gasteiger partial charge in [0.25, 0.3) is 0 Å². The molecule has 0 saturated carbocycles. The molecule has 1 aromatic carbocycles. The summed E-state index contributed by atoms with van der Waals surface area (Å²) in [7, 11) is 2.96. The smallest absolute Gasteiger partial charge is 0.308 e. The minimum Gasteiger partial charge on any atom is -0.490 e. The molecular weight excluding hydrogens is 276 g/mol. The molecule has 6 nitrogen and oxygen atoms in total. The highest BCUT2D eigenvalue weighted by molar-refractivity contribution is 5.75. The highest BCUT2D eigenvalue weighted by Gasteiger charge is 2.40. The molecule has 1 atom stereocenters. The zero-order chi connectivity index (χ0) is 15.8. The molecule has 116 valence electrons. The Labute approximate surface area is 123 Å². The number of hydrogen-bond donors (Lipinski definition) is 1. The summed E-state index contributed by atoms with van der Waals surface area (Å²) >= 11 is 0. The summed E-state index contributed by atoms with van der Waals surface area (Å²) in [4.78, 5) is 11.3.